The Morgan fingerprint density at radius 3 is 1.53 bits per heavy atom. The summed E-state index contributed by atoms with van der Waals surface area (Å²) < 4.78 is 2.28. The second kappa shape index (κ2) is 11.8. The van der Waals surface area contributed by atoms with E-state index >= 15 is 0 Å². The topological polar surface area (TPSA) is 0 Å². The van der Waals surface area contributed by atoms with Gasteiger partial charge in [-0.1, -0.05) is 76.9 Å². The van der Waals surface area contributed by atoms with E-state index in [1.54, 1.807) is 0 Å². The van der Waals surface area contributed by atoms with Crippen LogP contribution in [-0.2, 0) is 34.7 Å². The van der Waals surface area contributed by atoms with Crippen LogP contribution in [0, 0.1) is 0 Å². The first-order valence-corrected chi connectivity index (χ1v) is 13.6. The summed E-state index contributed by atoms with van der Waals surface area (Å²) in [4.78, 5) is 0. The monoisotopic (exact) mass is 590 g/mol. The Morgan fingerprint density at radius 2 is 1.25 bits per heavy atom. The van der Waals surface area contributed by atoms with Crippen molar-refractivity contribution < 1.29 is 23.9 Å². The molecular weight excluding hydrogens is 551 g/mol. The van der Waals surface area contributed by atoms with Crippen LogP contribution in [0.2, 0.25) is 0 Å². The van der Waals surface area contributed by atoms with Gasteiger partial charge >= 0.3 is 53.1 Å². The third-order valence-electron chi connectivity index (χ3n) is 5.51. The van der Waals surface area contributed by atoms with Gasteiger partial charge in [0.2, 0.25) is 0 Å². The molecule has 0 aromatic heterocycles. The predicted molar refractivity (Wildman–Crippen MR) is 142 cm³/mol. The molecule has 0 spiro atoms. The summed E-state index contributed by atoms with van der Waals surface area (Å²) in [6, 6.07) is 26.2. The minimum absolute atomic E-state index is 0.203. The maximum atomic E-state index is 3.59. The van der Waals surface area contributed by atoms with Gasteiger partial charge in [-0.05, 0) is 10.8 Å². The molecule has 0 unspecified atom stereocenters. The van der Waals surface area contributed by atoms with Crippen molar-refractivity contribution in [2.45, 2.75) is 65.2 Å². The zero-order valence-electron chi connectivity index (χ0n) is 20.7. The fourth-order valence-corrected chi connectivity index (χ4v) is 4.08. The Balaban J connectivity index is 0.000000272. The molecule has 0 saturated carbocycles. The number of rotatable bonds is 3. The minimum Gasteiger partial charge on any atom is -0.214 e. The molecule has 1 heteroatoms. The van der Waals surface area contributed by atoms with Crippen LogP contribution in [0.5, 0.6) is 0 Å². The van der Waals surface area contributed by atoms with Crippen LogP contribution >= 0.6 is 0 Å². The molecule has 0 amide bonds. The molecule has 0 aliphatic carbocycles. The van der Waals surface area contributed by atoms with Crippen molar-refractivity contribution in [2.75, 3.05) is 0 Å². The second-order valence-corrected chi connectivity index (χ2v) is 11.7. The molecule has 0 aliphatic heterocycles. The van der Waals surface area contributed by atoms with E-state index in [1.807, 2.05) is 36.4 Å². The van der Waals surface area contributed by atoms with Crippen LogP contribution < -0.4 is 0 Å². The molecule has 0 heterocycles. The van der Waals surface area contributed by atoms with E-state index in [4.69, 9.17) is 0 Å². The van der Waals surface area contributed by atoms with E-state index in [1.165, 1.54) is 63.0 Å². The number of benzene rings is 2. The first kappa shape index (κ1) is 26.4. The van der Waals surface area contributed by atoms with Crippen molar-refractivity contribution in [3.05, 3.63) is 96.6 Å². The molecule has 0 N–H and O–H groups in total. The predicted octanol–water partition coefficient (Wildman–Crippen LogP) is 9.01. The van der Waals surface area contributed by atoms with Crippen molar-refractivity contribution in [2.24, 2.45) is 0 Å². The third kappa shape index (κ3) is 7.62. The van der Waals surface area contributed by atoms with Crippen molar-refractivity contribution >= 4 is 25.3 Å². The van der Waals surface area contributed by atoms with Gasteiger partial charge in [-0.25, -0.2) is 12.1 Å². The molecule has 4 aromatic rings. The fourth-order valence-electron chi connectivity index (χ4n) is 3.48. The summed E-state index contributed by atoms with van der Waals surface area (Å²) in [5, 5.41) is 5.48. The van der Waals surface area contributed by atoms with Crippen molar-refractivity contribution in [1.82, 2.24) is 0 Å². The summed E-state index contributed by atoms with van der Waals surface area (Å²) in [6.07, 6.45) is 4.34. The molecule has 0 saturated heterocycles. The Labute approximate surface area is 210 Å². The molecule has 0 aliphatic rings. The third-order valence-corrected chi connectivity index (χ3v) is 6.54. The Morgan fingerprint density at radius 1 is 0.781 bits per heavy atom. The van der Waals surface area contributed by atoms with Gasteiger partial charge in [-0.15, -0.1) is 39.7 Å². The van der Waals surface area contributed by atoms with E-state index in [0.29, 0.717) is 0 Å². The van der Waals surface area contributed by atoms with Crippen LogP contribution in [0.4, 0.5) is 0 Å². The maximum Gasteiger partial charge on any atom is -0.0202 e. The Kier molecular flexibility index (Phi) is 9.77. The summed E-state index contributed by atoms with van der Waals surface area (Å²) in [7, 11) is 0. The van der Waals surface area contributed by atoms with Crippen LogP contribution in [-0.4, -0.2) is 3.76 Å². The standard InChI is InChI=1S/C21H25.C5H5.C5H8.Hf/c1-20(2,3)16-7-9-18-14(12-16)11-15-13-17(21(4,5)6)8-10-19(15)18;1-2-4-5-3-1;1-3-5-4-2;/h7-13H,1-6H3;1-5H;1,4H,2-3,5H2;/q2*-1;;+2. The zero-order valence-corrected chi connectivity index (χ0v) is 24.3. The summed E-state index contributed by atoms with van der Waals surface area (Å²) in [5.41, 5.74) is 3.21. The van der Waals surface area contributed by atoms with E-state index in [9.17, 15) is 0 Å². The molecule has 0 nitrogen and oxygen atoms in total. The van der Waals surface area contributed by atoms with Crippen LogP contribution in [0.15, 0.2) is 85.5 Å². The molecule has 0 atom stereocenters. The average molecular weight is 589 g/mol. The quantitative estimate of drug-likeness (QED) is 0.0969. The van der Waals surface area contributed by atoms with Gasteiger partial charge in [0, 0.05) is 0 Å². The van der Waals surface area contributed by atoms with Crippen LogP contribution in [0.25, 0.3) is 21.5 Å². The molecule has 166 valence electrons. The first-order chi connectivity index (χ1) is 15.1. The number of allylic oxidation sites excluding steroid dienone is 1. The summed E-state index contributed by atoms with van der Waals surface area (Å²) in [5.74, 6) is 0. The van der Waals surface area contributed by atoms with E-state index in [-0.39, 0.29) is 10.8 Å². The van der Waals surface area contributed by atoms with Gasteiger partial charge in [-0.3, -0.25) is 0 Å². The minimum atomic E-state index is 0.203. The van der Waals surface area contributed by atoms with Gasteiger partial charge in [0.1, 0.15) is 0 Å². The van der Waals surface area contributed by atoms with Gasteiger partial charge in [0.05, 0.1) is 0 Å². The van der Waals surface area contributed by atoms with E-state index in [2.05, 4.69) is 94.3 Å². The van der Waals surface area contributed by atoms with Gasteiger partial charge < -0.3 is 0 Å². The number of fused-ring (bicyclic) bond motifs is 3. The second-order valence-electron chi connectivity index (χ2n) is 10.3. The molecule has 0 fully saturated rings. The fraction of sp³-hybridized carbons (Fsp3) is 0.323. The van der Waals surface area contributed by atoms with Gasteiger partial charge in [-0.2, -0.15) is 18.2 Å². The van der Waals surface area contributed by atoms with E-state index < -0.39 is 0 Å². The van der Waals surface area contributed by atoms with Crippen molar-refractivity contribution in [1.29, 1.82) is 0 Å². The number of unbranched alkanes of at least 4 members (excludes halogenated alkanes) is 1. The maximum absolute atomic E-state index is 3.59. The summed E-state index contributed by atoms with van der Waals surface area (Å²) in [6.45, 7) is 17.2. The van der Waals surface area contributed by atoms with Crippen molar-refractivity contribution in [3.63, 3.8) is 0 Å². The SMILES string of the molecule is C=CCC[CH]=[Hf+2].CC(C)(C)c1ccc2c(c1)[cH-]c1cc(C(C)(C)C)ccc12.c1cc[cH-]c1. The van der Waals surface area contributed by atoms with Crippen molar-refractivity contribution in [3.8, 4) is 0 Å². The zero-order chi connectivity index (χ0) is 23.8. The molecule has 0 bridgehead atoms. The number of hydrogen-bond acceptors (Lipinski definition) is 0. The van der Waals surface area contributed by atoms with Gasteiger partial charge in [0.15, 0.2) is 0 Å². The largest absolute Gasteiger partial charge is 0.214 e. The molecule has 4 rings (SSSR count). The van der Waals surface area contributed by atoms with Gasteiger partial charge in [0.25, 0.3) is 0 Å². The summed E-state index contributed by atoms with van der Waals surface area (Å²) >= 11 is 1.23. The average Bonchev–Trinajstić information content (AvgIpc) is 3.41. The van der Waals surface area contributed by atoms with Crippen LogP contribution in [0.1, 0.15) is 65.5 Å². The van der Waals surface area contributed by atoms with Crippen LogP contribution in [0.3, 0.4) is 0 Å². The number of hydrogen-bond donors (Lipinski definition) is 0. The molecule has 32 heavy (non-hydrogen) atoms. The molecular formula is C31H38Hf. The Hall–Kier alpha value is -1.86. The normalized spacial score (nSPS) is 11.4. The molecule has 0 radical (unpaired) electrons. The molecule has 4 aromatic carbocycles. The smallest absolute Gasteiger partial charge is 0.0202 e. The Bertz CT molecular complexity index is 1020. The first-order valence-electron chi connectivity index (χ1n) is 11.5. The van der Waals surface area contributed by atoms with E-state index in [0.717, 1.165) is 6.42 Å².